The Bertz CT molecular complexity index is 544. The number of ether oxygens (including phenoxy) is 1. The van der Waals surface area contributed by atoms with E-state index < -0.39 is 23.3 Å². The summed E-state index contributed by atoms with van der Waals surface area (Å²) in [5, 5.41) is 10.0. The van der Waals surface area contributed by atoms with Gasteiger partial charge in [0.15, 0.2) is 5.76 Å². The van der Waals surface area contributed by atoms with Crippen LogP contribution in [0.25, 0.3) is 0 Å². The Balaban J connectivity index is 2.50. The van der Waals surface area contributed by atoms with E-state index in [0.29, 0.717) is 10.6 Å². The highest BCUT2D eigenvalue weighted by atomic mass is 35.5. The molecule has 0 radical (unpaired) electrons. The number of hydrogen-bond donors (Lipinski definition) is 1. The molecule has 2 rings (SSSR count). The molecule has 1 N–H and O–H groups in total. The van der Waals surface area contributed by atoms with Crippen LogP contribution in [0.5, 0.6) is 0 Å². The number of esters is 1. The third kappa shape index (κ3) is 2.21. The number of fused-ring (bicyclic) bond motifs is 1. The summed E-state index contributed by atoms with van der Waals surface area (Å²) in [7, 11) is 0. The lowest BCUT2D eigenvalue weighted by atomic mass is 9.64. The smallest absolute Gasteiger partial charge is 0.303 e. The van der Waals surface area contributed by atoms with Gasteiger partial charge in [-0.2, -0.15) is 0 Å². The maximum Gasteiger partial charge on any atom is 0.303 e. The zero-order valence-corrected chi connectivity index (χ0v) is 11.7. The Morgan fingerprint density at radius 1 is 1.53 bits per heavy atom. The molecule has 5 heteroatoms. The first-order chi connectivity index (χ1) is 8.75. The Morgan fingerprint density at radius 3 is 2.74 bits per heavy atom. The highest BCUT2D eigenvalue weighted by Gasteiger charge is 2.46. The average Bonchev–Trinajstić information content (AvgIpc) is 2.29. The minimum Gasteiger partial charge on any atom is -0.504 e. The van der Waals surface area contributed by atoms with Crippen LogP contribution in [-0.4, -0.2) is 23.0 Å². The van der Waals surface area contributed by atoms with E-state index in [1.807, 2.05) is 13.8 Å². The van der Waals surface area contributed by atoms with Crippen LogP contribution in [0.15, 0.2) is 34.6 Å². The number of aliphatic hydroxyl groups excluding tert-OH is 1. The zero-order valence-electron chi connectivity index (χ0n) is 10.9. The number of hydrogen-bond acceptors (Lipinski definition) is 4. The molecular formula is C14H15ClO4. The summed E-state index contributed by atoms with van der Waals surface area (Å²) < 4.78 is 5.23. The summed E-state index contributed by atoms with van der Waals surface area (Å²) in [5.41, 5.74) is 0.0112. The first kappa shape index (κ1) is 13.9. The molecule has 2 aliphatic rings. The predicted molar refractivity (Wildman–Crippen MR) is 70.6 cm³/mol. The van der Waals surface area contributed by atoms with Gasteiger partial charge in [-0.25, -0.2) is 0 Å². The SMILES string of the molecule is CC(=O)O[C@H]1C=C(Cl)C2=CC(=O)C(O)=C[C@]2(C)[C@H]1C. The van der Waals surface area contributed by atoms with E-state index in [0.717, 1.165) is 0 Å². The van der Waals surface area contributed by atoms with Crippen molar-refractivity contribution in [2.45, 2.75) is 26.9 Å². The van der Waals surface area contributed by atoms with Crippen LogP contribution >= 0.6 is 11.6 Å². The molecule has 0 spiro atoms. The van der Waals surface area contributed by atoms with Crippen LogP contribution in [0.3, 0.4) is 0 Å². The first-order valence-electron chi connectivity index (χ1n) is 5.99. The second-order valence-corrected chi connectivity index (χ2v) is 5.52. The topological polar surface area (TPSA) is 63.6 Å². The van der Waals surface area contributed by atoms with E-state index in [1.54, 1.807) is 6.08 Å². The third-order valence-electron chi connectivity index (χ3n) is 3.85. The zero-order chi connectivity index (χ0) is 14.4. The Hall–Kier alpha value is -1.55. The quantitative estimate of drug-likeness (QED) is 0.751. The summed E-state index contributed by atoms with van der Waals surface area (Å²) >= 11 is 6.17. The lowest BCUT2D eigenvalue weighted by Gasteiger charge is -2.43. The number of rotatable bonds is 1. The summed E-state index contributed by atoms with van der Waals surface area (Å²) in [5.74, 6) is -1.29. The van der Waals surface area contributed by atoms with E-state index >= 15 is 0 Å². The fourth-order valence-corrected chi connectivity index (χ4v) is 2.93. The maximum absolute atomic E-state index is 11.5. The average molecular weight is 283 g/mol. The molecule has 0 fully saturated rings. The van der Waals surface area contributed by atoms with Crippen LogP contribution in [0.2, 0.25) is 0 Å². The lowest BCUT2D eigenvalue weighted by molar-refractivity contribution is -0.147. The molecule has 19 heavy (non-hydrogen) atoms. The van der Waals surface area contributed by atoms with Gasteiger partial charge >= 0.3 is 5.97 Å². The number of aliphatic hydroxyl groups is 1. The molecule has 102 valence electrons. The summed E-state index contributed by atoms with van der Waals surface area (Å²) in [6.07, 6.45) is 3.98. The molecule has 4 nitrogen and oxygen atoms in total. The highest BCUT2D eigenvalue weighted by Crippen LogP contribution is 2.50. The molecule has 0 aromatic heterocycles. The largest absolute Gasteiger partial charge is 0.504 e. The standard InChI is InChI=1S/C14H15ClO4/c1-7-13(19-8(2)16)5-10(15)9-4-11(17)12(18)6-14(7,9)3/h4-7,13,18H,1-3H3/t7-,13-,14+/m0/s1. The van der Waals surface area contributed by atoms with Gasteiger partial charge in [-0.15, -0.1) is 0 Å². The van der Waals surface area contributed by atoms with Crippen LogP contribution in [-0.2, 0) is 14.3 Å². The maximum atomic E-state index is 11.5. The second kappa shape index (κ2) is 4.53. The minimum atomic E-state index is -0.635. The van der Waals surface area contributed by atoms with Crippen LogP contribution in [0.1, 0.15) is 20.8 Å². The molecule has 0 aromatic carbocycles. The van der Waals surface area contributed by atoms with Crippen molar-refractivity contribution < 1.29 is 19.4 Å². The first-order valence-corrected chi connectivity index (χ1v) is 6.36. The minimum absolute atomic E-state index is 0.139. The van der Waals surface area contributed by atoms with Gasteiger partial charge in [0.25, 0.3) is 0 Å². The molecule has 3 atom stereocenters. The van der Waals surface area contributed by atoms with Gasteiger partial charge in [0.1, 0.15) is 6.10 Å². The van der Waals surface area contributed by atoms with E-state index in [4.69, 9.17) is 16.3 Å². The summed E-state index contributed by atoms with van der Waals surface area (Å²) in [6, 6.07) is 0. The van der Waals surface area contributed by atoms with Crippen molar-refractivity contribution in [1.29, 1.82) is 0 Å². The van der Waals surface area contributed by atoms with Crippen LogP contribution in [0, 0.1) is 11.3 Å². The van der Waals surface area contributed by atoms with Crippen molar-refractivity contribution in [3.63, 3.8) is 0 Å². The molecule has 0 unspecified atom stereocenters. The van der Waals surface area contributed by atoms with Gasteiger partial charge in [0.2, 0.25) is 5.78 Å². The summed E-state index contributed by atoms with van der Waals surface area (Å²) in [6.45, 7) is 5.08. The van der Waals surface area contributed by atoms with Gasteiger partial charge in [-0.05, 0) is 23.8 Å². The van der Waals surface area contributed by atoms with E-state index in [2.05, 4.69) is 0 Å². The molecule has 0 heterocycles. The number of ketones is 1. The van der Waals surface area contributed by atoms with E-state index in [9.17, 15) is 14.7 Å². The van der Waals surface area contributed by atoms with Crippen molar-refractivity contribution in [2.24, 2.45) is 11.3 Å². The van der Waals surface area contributed by atoms with Gasteiger partial charge in [0, 0.05) is 23.3 Å². The molecule has 0 aliphatic heterocycles. The molecule has 0 saturated heterocycles. The third-order valence-corrected chi connectivity index (χ3v) is 4.18. The normalized spacial score (nSPS) is 33.9. The monoisotopic (exact) mass is 282 g/mol. The Kier molecular flexibility index (Phi) is 3.31. The van der Waals surface area contributed by atoms with Gasteiger partial charge in [-0.1, -0.05) is 25.4 Å². The van der Waals surface area contributed by atoms with Crippen molar-refractivity contribution in [3.05, 3.63) is 34.6 Å². The van der Waals surface area contributed by atoms with E-state index in [-0.39, 0.29) is 11.7 Å². The molecule has 0 bridgehead atoms. The Morgan fingerprint density at radius 2 is 2.16 bits per heavy atom. The number of carbonyl (C=O) groups excluding carboxylic acids is 2. The van der Waals surface area contributed by atoms with Crippen LogP contribution in [0.4, 0.5) is 0 Å². The number of halogens is 1. The predicted octanol–water partition coefficient (Wildman–Crippen LogP) is 2.65. The molecule has 0 saturated carbocycles. The van der Waals surface area contributed by atoms with Gasteiger partial charge in [-0.3, -0.25) is 9.59 Å². The van der Waals surface area contributed by atoms with Crippen molar-refractivity contribution in [2.75, 3.05) is 0 Å². The fourth-order valence-electron chi connectivity index (χ4n) is 2.54. The molecular weight excluding hydrogens is 268 g/mol. The number of carbonyl (C=O) groups is 2. The highest BCUT2D eigenvalue weighted by molar-refractivity contribution is 6.33. The van der Waals surface area contributed by atoms with Crippen molar-refractivity contribution in [3.8, 4) is 0 Å². The van der Waals surface area contributed by atoms with Crippen molar-refractivity contribution in [1.82, 2.24) is 0 Å². The van der Waals surface area contributed by atoms with Gasteiger partial charge < -0.3 is 9.84 Å². The Labute approximate surface area is 116 Å². The van der Waals surface area contributed by atoms with E-state index in [1.165, 1.54) is 19.1 Å². The molecule has 0 amide bonds. The molecule has 2 aliphatic carbocycles. The van der Waals surface area contributed by atoms with Crippen molar-refractivity contribution >= 4 is 23.4 Å². The lowest BCUT2D eigenvalue weighted by Crippen LogP contribution is -2.41. The molecule has 0 aromatic rings. The second-order valence-electron chi connectivity index (χ2n) is 5.11. The van der Waals surface area contributed by atoms with Gasteiger partial charge in [0.05, 0.1) is 0 Å². The fraction of sp³-hybridized carbons (Fsp3) is 0.429. The van der Waals surface area contributed by atoms with Crippen LogP contribution < -0.4 is 0 Å². The number of allylic oxidation sites excluding steroid dienone is 4. The summed E-state index contributed by atoms with van der Waals surface area (Å²) in [4.78, 5) is 22.7.